The number of thiazole rings is 1. The molecule has 2 heterocycles. The number of aryl methyl sites for hydroxylation is 1. The van der Waals surface area contributed by atoms with Crippen LogP contribution in [0.2, 0.25) is 0 Å². The number of hydrogen-bond donors (Lipinski definition) is 3. The monoisotopic (exact) mass is 376 g/mol. The fraction of sp³-hybridized carbons (Fsp3) is 0.353. The number of nitrogens with zero attached hydrogens (tertiary/aromatic N) is 1. The topological polar surface area (TPSA) is 75.3 Å². The second-order valence-corrected chi connectivity index (χ2v) is 7.13. The lowest BCUT2D eigenvalue weighted by Gasteiger charge is -2.14. The fourth-order valence-corrected chi connectivity index (χ4v) is 3.64. The highest BCUT2D eigenvalue weighted by Gasteiger charge is 2.17. The van der Waals surface area contributed by atoms with Gasteiger partial charge in [-0.2, -0.15) is 0 Å². The summed E-state index contributed by atoms with van der Waals surface area (Å²) >= 11 is 6.53. The lowest BCUT2D eigenvalue weighted by Crippen LogP contribution is -2.48. The molecule has 3 N–H and O–H groups in total. The normalized spacial score (nSPS) is 16.4. The number of hydrazine groups is 1. The number of hydrogen-bond acceptors (Lipinski definition) is 5. The van der Waals surface area contributed by atoms with Crippen LogP contribution in [0.3, 0.4) is 0 Å². The molecule has 0 aliphatic carbocycles. The van der Waals surface area contributed by atoms with Crippen LogP contribution in [-0.4, -0.2) is 35.3 Å². The Kier molecular flexibility index (Phi) is 5.95. The molecule has 1 aromatic heterocycles. The Morgan fingerprint density at radius 2 is 2.16 bits per heavy atom. The minimum Gasteiger partial charge on any atom is -0.376 e. The molecule has 0 unspecified atom stereocenters. The predicted octanol–water partition coefficient (Wildman–Crippen LogP) is 2.41. The summed E-state index contributed by atoms with van der Waals surface area (Å²) in [7, 11) is 0. The molecule has 3 rings (SSSR count). The zero-order valence-corrected chi connectivity index (χ0v) is 15.5. The first-order valence-corrected chi connectivity index (χ1v) is 9.34. The molecule has 1 atom stereocenters. The Balaban J connectivity index is 1.52. The molecule has 25 heavy (non-hydrogen) atoms. The third kappa shape index (κ3) is 4.75. The van der Waals surface area contributed by atoms with Crippen LogP contribution < -0.4 is 16.2 Å². The van der Waals surface area contributed by atoms with Crippen molar-refractivity contribution in [2.24, 2.45) is 0 Å². The van der Waals surface area contributed by atoms with E-state index in [0.717, 1.165) is 30.0 Å². The van der Waals surface area contributed by atoms with Gasteiger partial charge in [0.05, 0.1) is 11.8 Å². The van der Waals surface area contributed by atoms with E-state index in [9.17, 15) is 4.79 Å². The van der Waals surface area contributed by atoms with E-state index in [4.69, 9.17) is 17.0 Å². The molecule has 1 aromatic carbocycles. The molecule has 0 bridgehead atoms. The summed E-state index contributed by atoms with van der Waals surface area (Å²) in [6.07, 6.45) is 2.30. The van der Waals surface area contributed by atoms with Crippen molar-refractivity contribution in [3.05, 3.63) is 40.9 Å². The fourth-order valence-electron chi connectivity index (χ4n) is 2.54. The van der Waals surface area contributed by atoms with Crippen LogP contribution in [0.1, 0.15) is 28.2 Å². The average Bonchev–Trinajstić information content (AvgIpc) is 3.28. The zero-order valence-electron chi connectivity index (χ0n) is 13.9. The highest BCUT2D eigenvalue weighted by Crippen LogP contribution is 2.27. The van der Waals surface area contributed by atoms with E-state index in [1.54, 1.807) is 0 Å². The number of carbonyl (C=O) groups excluding carboxylic acids is 1. The van der Waals surface area contributed by atoms with E-state index >= 15 is 0 Å². The smallest absolute Gasteiger partial charge is 0.281 e. The average molecular weight is 377 g/mol. The Bertz CT molecular complexity index is 742. The summed E-state index contributed by atoms with van der Waals surface area (Å²) in [5.74, 6) is -0.251. The second-order valence-electron chi connectivity index (χ2n) is 5.72. The van der Waals surface area contributed by atoms with E-state index < -0.39 is 0 Å². The Morgan fingerprint density at radius 1 is 1.36 bits per heavy atom. The number of amides is 1. The van der Waals surface area contributed by atoms with Crippen LogP contribution in [0.5, 0.6) is 0 Å². The third-order valence-corrected chi connectivity index (χ3v) is 5.28. The first-order chi connectivity index (χ1) is 12.1. The van der Waals surface area contributed by atoms with Gasteiger partial charge in [0.1, 0.15) is 9.88 Å². The minimum absolute atomic E-state index is 0.188. The van der Waals surface area contributed by atoms with Crippen molar-refractivity contribution in [3.8, 4) is 10.6 Å². The molecule has 1 aliphatic rings. The summed E-state index contributed by atoms with van der Waals surface area (Å²) in [4.78, 5) is 17.4. The van der Waals surface area contributed by atoms with Crippen molar-refractivity contribution < 1.29 is 9.53 Å². The highest BCUT2D eigenvalue weighted by atomic mass is 32.1. The van der Waals surface area contributed by atoms with Gasteiger partial charge in [0.15, 0.2) is 5.11 Å². The maximum Gasteiger partial charge on any atom is 0.281 e. The molecule has 0 spiro atoms. The molecule has 8 heteroatoms. The van der Waals surface area contributed by atoms with Crippen LogP contribution in [0.15, 0.2) is 30.3 Å². The van der Waals surface area contributed by atoms with Crippen molar-refractivity contribution in [3.63, 3.8) is 0 Å². The van der Waals surface area contributed by atoms with Gasteiger partial charge in [0.25, 0.3) is 5.91 Å². The maximum absolute atomic E-state index is 12.4. The zero-order chi connectivity index (χ0) is 17.6. The van der Waals surface area contributed by atoms with E-state index in [-0.39, 0.29) is 12.0 Å². The summed E-state index contributed by atoms with van der Waals surface area (Å²) in [6.45, 7) is 3.27. The second kappa shape index (κ2) is 8.37. The number of aromatic nitrogens is 1. The maximum atomic E-state index is 12.4. The van der Waals surface area contributed by atoms with E-state index in [1.807, 2.05) is 37.3 Å². The van der Waals surface area contributed by atoms with Gasteiger partial charge in [-0.1, -0.05) is 30.3 Å². The molecule has 132 valence electrons. The van der Waals surface area contributed by atoms with Crippen LogP contribution in [0.4, 0.5) is 0 Å². The SMILES string of the molecule is Cc1nc(-c2ccccc2)sc1C(=O)NNC(=S)NC[C@@H]1CCCO1. The molecule has 0 radical (unpaired) electrons. The van der Waals surface area contributed by atoms with Crippen molar-refractivity contribution in [1.29, 1.82) is 0 Å². The number of carbonyl (C=O) groups is 1. The number of rotatable bonds is 4. The van der Waals surface area contributed by atoms with Gasteiger partial charge in [0.2, 0.25) is 0 Å². The Hall–Kier alpha value is -2.03. The van der Waals surface area contributed by atoms with Gasteiger partial charge in [-0.25, -0.2) is 4.98 Å². The first-order valence-electron chi connectivity index (χ1n) is 8.12. The molecular weight excluding hydrogens is 356 g/mol. The largest absolute Gasteiger partial charge is 0.376 e. The summed E-state index contributed by atoms with van der Waals surface area (Å²) in [5, 5.41) is 4.24. The van der Waals surface area contributed by atoms with E-state index in [2.05, 4.69) is 21.2 Å². The minimum atomic E-state index is -0.251. The molecule has 1 amide bonds. The van der Waals surface area contributed by atoms with Crippen LogP contribution in [0, 0.1) is 6.92 Å². The molecule has 6 nitrogen and oxygen atoms in total. The Labute approximate surface area is 156 Å². The summed E-state index contributed by atoms with van der Waals surface area (Å²) in [6, 6.07) is 9.80. The van der Waals surface area contributed by atoms with Gasteiger partial charge in [-0.15, -0.1) is 11.3 Å². The lowest BCUT2D eigenvalue weighted by molar-refractivity contribution is 0.0946. The Morgan fingerprint density at radius 3 is 2.88 bits per heavy atom. The van der Waals surface area contributed by atoms with Gasteiger partial charge >= 0.3 is 0 Å². The number of benzene rings is 1. The van der Waals surface area contributed by atoms with Crippen molar-refractivity contribution >= 4 is 34.6 Å². The summed E-state index contributed by atoms with van der Waals surface area (Å²) in [5.41, 5.74) is 7.03. The third-order valence-electron chi connectivity index (χ3n) is 3.83. The van der Waals surface area contributed by atoms with Gasteiger partial charge in [0, 0.05) is 18.7 Å². The first kappa shape index (κ1) is 17.8. The lowest BCUT2D eigenvalue weighted by atomic mass is 10.2. The molecule has 1 saturated heterocycles. The standard InChI is InChI=1S/C17H20N4O2S2/c1-11-14(25-16(19-11)12-6-3-2-4-7-12)15(22)20-21-17(24)18-10-13-8-5-9-23-13/h2-4,6-7,13H,5,8-10H2,1H3,(H,20,22)(H2,18,21,24)/t13-/m0/s1. The van der Waals surface area contributed by atoms with Crippen LogP contribution in [-0.2, 0) is 4.74 Å². The highest BCUT2D eigenvalue weighted by molar-refractivity contribution is 7.80. The van der Waals surface area contributed by atoms with Crippen molar-refractivity contribution in [2.75, 3.05) is 13.2 Å². The molecule has 1 aliphatic heterocycles. The van der Waals surface area contributed by atoms with Crippen molar-refractivity contribution in [1.82, 2.24) is 21.2 Å². The van der Waals surface area contributed by atoms with E-state index in [0.29, 0.717) is 22.2 Å². The molecule has 1 fully saturated rings. The number of nitrogens with one attached hydrogen (secondary N) is 3. The number of thiocarbonyl (C=S) groups is 1. The quantitative estimate of drug-likeness (QED) is 0.562. The predicted molar refractivity (Wildman–Crippen MR) is 102 cm³/mol. The van der Waals surface area contributed by atoms with Crippen LogP contribution >= 0.6 is 23.6 Å². The molecule has 0 saturated carbocycles. The summed E-state index contributed by atoms with van der Waals surface area (Å²) < 4.78 is 5.51. The molecular formula is C17H20N4O2S2. The van der Waals surface area contributed by atoms with Crippen molar-refractivity contribution in [2.45, 2.75) is 25.9 Å². The van der Waals surface area contributed by atoms with Gasteiger partial charge in [-0.3, -0.25) is 15.6 Å². The molecule has 2 aromatic rings. The van der Waals surface area contributed by atoms with E-state index in [1.165, 1.54) is 11.3 Å². The van der Waals surface area contributed by atoms with Gasteiger partial charge in [-0.05, 0) is 32.0 Å². The van der Waals surface area contributed by atoms with Crippen LogP contribution in [0.25, 0.3) is 10.6 Å². The van der Waals surface area contributed by atoms with Gasteiger partial charge < -0.3 is 10.1 Å². The number of ether oxygens (including phenoxy) is 1.